The Labute approximate surface area is 120 Å². The average Bonchev–Trinajstić information content (AvgIpc) is 2.50. The van der Waals surface area contributed by atoms with E-state index in [-0.39, 0.29) is 5.54 Å². The van der Waals surface area contributed by atoms with Gasteiger partial charge in [0.25, 0.3) is 0 Å². The second-order valence-corrected chi connectivity index (χ2v) is 6.01. The van der Waals surface area contributed by atoms with Gasteiger partial charge in [0.05, 0.1) is 11.1 Å². The molecule has 106 valence electrons. The number of nitrogens with two attached hydrogens (primary N) is 1. The fourth-order valence-electron chi connectivity index (χ4n) is 3.43. The van der Waals surface area contributed by atoms with E-state index in [1.807, 2.05) is 12.3 Å². The Balaban J connectivity index is 1.99. The Morgan fingerprint density at radius 2 is 2.15 bits per heavy atom. The highest BCUT2D eigenvalue weighted by Gasteiger charge is 2.37. The van der Waals surface area contributed by atoms with Crippen LogP contribution in [0.25, 0.3) is 10.9 Å². The molecule has 20 heavy (non-hydrogen) atoms. The second kappa shape index (κ2) is 5.41. The minimum absolute atomic E-state index is 0.0301. The molecule has 1 aliphatic rings. The number of nitrogens with one attached hydrogen (secondary N) is 1. The maximum absolute atomic E-state index is 6.14. The summed E-state index contributed by atoms with van der Waals surface area (Å²) in [6, 6.07) is 10.3. The maximum atomic E-state index is 6.14. The maximum Gasteiger partial charge on any atom is 0.0722 e. The van der Waals surface area contributed by atoms with E-state index >= 15 is 0 Å². The highest BCUT2D eigenvalue weighted by Crippen LogP contribution is 2.37. The summed E-state index contributed by atoms with van der Waals surface area (Å²) < 4.78 is 0. The van der Waals surface area contributed by atoms with Crippen LogP contribution in [-0.2, 0) is 0 Å². The monoisotopic (exact) mass is 269 g/mol. The molecule has 1 aliphatic carbocycles. The molecule has 0 bridgehead atoms. The molecule has 2 aromatic rings. The lowest BCUT2D eigenvalue weighted by atomic mass is 9.73. The van der Waals surface area contributed by atoms with Crippen molar-refractivity contribution < 1.29 is 0 Å². The van der Waals surface area contributed by atoms with Crippen LogP contribution in [0.1, 0.15) is 32.6 Å². The molecular formula is C17H23N3. The van der Waals surface area contributed by atoms with Gasteiger partial charge in [-0.3, -0.25) is 4.98 Å². The SMILES string of the molecule is CC1CCCCC1(CN)Nc1ccnc2ccccc12. The van der Waals surface area contributed by atoms with Crippen LogP contribution >= 0.6 is 0 Å². The second-order valence-electron chi connectivity index (χ2n) is 6.01. The van der Waals surface area contributed by atoms with Crippen LogP contribution in [0.15, 0.2) is 36.5 Å². The summed E-state index contributed by atoms with van der Waals surface area (Å²) in [6.07, 6.45) is 6.87. The van der Waals surface area contributed by atoms with Gasteiger partial charge in [-0.05, 0) is 30.9 Å². The topological polar surface area (TPSA) is 50.9 Å². The van der Waals surface area contributed by atoms with Gasteiger partial charge < -0.3 is 11.1 Å². The third-order valence-corrected chi connectivity index (χ3v) is 4.85. The zero-order valence-electron chi connectivity index (χ0n) is 12.1. The van der Waals surface area contributed by atoms with E-state index in [0.717, 1.165) is 17.6 Å². The van der Waals surface area contributed by atoms with Gasteiger partial charge >= 0.3 is 0 Å². The van der Waals surface area contributed by atoms with Crippen molar-refractivity contribution >= 4 is 16.6 Å². The molecule has 3 rings (SSSR count). The van der Waals surface area contributed by atoms with Crippen LogP contribution in [0.4, 0.5) is 5.69 Å². The van der Waals surface area contributed by atoms with E-state index in [9.17, 15) is 0 Å². The summed E-state index contributed by atoms with van der Waals surface area (Å²) in [5, 5.41) is 4.95. The Bertz CT molecular complexity index is 590. The van der Waals surface area contributed by atoms with Crippen LogP contribution in [0, 0.1) is 5.92 Å². The molecule has 0 aliphatic heterocycles. The highest BCUT2D eigenvalue weighted by atomic mass is 15.0. The number of benzene rings is 1. The van der Waals surface area contributed by atoms with E-state index in [2.05, 4.69) is 41.5 Å². The summed E-state index contributed by atoms with van der Waals surface area (Å²) >= 11 is 0. The third-order valence-electron chi connectivity index (χ3n) is 4.85. The van der Waals surface area contributed by atoms with Gasteiger partial charge in [-0.1, -0.05) is 38.0 Å². The quantitative estimate of drug-likeness (QED) is 0.896. The summed E-state index contributed by atoms with van der Waals surface area (Å²) in [5.41, 5.74) is 8.37. The van der Waals surface area contributed by atoms with Gasteiger partial charge in [0.1, 0.15) is 0 Å². The summed E-state index contributed by atoms with van der Waals surface area (Å²) in [4.78, 5) is 4.43. The van der Waals surface area contributed by atoms with Crippen molar-refractivity contribution in [2.45, 2.75) is 38.1 Å². The Hall–Kier alpha value is -1.61. The van der Waals surface area contributed by atoms with Gasteiger partial charge in [-0.25, -0.2) is 0 Å². The summed E-state index contributed by atoms with van der Waals surface area (Å²) in [5.74, 6) is 0.605. The van der Waals surface area contributed by atoms with Gasteiger partial charge in [0, 0.05) is 23.8 Å². The van der Waals surface area contributed by atoms with Gasteiger partial charge in [-0.15, -0.1) is 0 Å². The van der Waals surface area contributed by atoms with E-state index < -0.39 is 0 Å². The van der Waals surface area contributed by atoms with Crippen molar-refractivity contribution in [1.82, 2.24) is 4.98 Å². The zero-order chi connectivity index (χ0) is 14.0. The first-order chi connectivity index (χ1) is 9.75. The molecule has 2 unspecified atom stereocenters. The molecule has 3 nitrogen and oxygen atoms in total. The minimum atomic E-state index is 0.0301. The average molecular weight is 269 g/mol. The highest BCUT2D eigenvalue weighted by molar-refractivity contribution is 5.91. The molecule has 0 radical (unpaired) electrons. The fraction of sp³-hybridized carbons (Fsp3) is 0.471. The van der Waals surface area contributed by atoms with Crippen LogP contribution in [0.5, 0.6) is 0 Å². The van der Waals surface area contributed by atoms with E-state index in [0.29, 0.717) is 12.5 Å². The molecule has 2 atom stereocenters. The number of pyridine rings is 1. The van der Waals surface area contributed by atoms with Crippen LogP contribution < -0.4 is 11.1 Å². The Morgan fingerprint density at radius 3 is 2.95 bits per heavy atom. The van der Waals surface area contributed by atoms with Crippen molar-refractivity contribution in [3.05, 3.63) is 36.5 Å². The number of aromatic nitrogens is 1. The largest absolute Gasteiger partial charge is 0.377 e. The Kier molecular flexibility index (Phi) is 3.62. The standard InChI is InChI=1S/C17H23N3/c1-13-6-4-5-10-17(13,12-18)20-16-9-11-19-15-8-3-2-7-14(15)16/h2-3,7-9,11,13H,4-6,10,12,18H2,1H3,(H,19,20). The first kappa shape index (κ1) is 13.4. The molecule has 1 aromatic carbocycles. The predicted octanol–water partition coefficient (Wildman–Crippen LogP) is 3.55. The molecule has 3 heteroatoms. The van der Waals surface area contributed by atoms with Crippen LogP contribution in [0.3, 0.4) is 0 Å². The zero-order valence-corrected chi connectivity index (χ0v) is 12.1. The smallest absolute Gasteiger partial charge is 0.0722 e. The minimum Gasteiger partial charge on any atom is -0.377 e. The lowest BCUT2D eigenvalue weighted by Gasteiger charge is -2.43. The van der Waals surface area contributed by atoms with Gasteiger partial charge in [-0.2, -0.15) is 0 Å². The Morgan fingerprint density at radius 1 is 1.30 bits per heavy atom. The molecule has 0 saturated heterocycles. The number of hydrogen-bond donors (Lipinski definition) is 2. The van der Waals surface area contributed by atoms with Crippen molar-refractivity contribution in [3.63, 3.8) is 0 Å². The molecule has 3 N–H and O–H groups in total. The van der Waals surface area contributed by atoms with Gasteiger partial charge in [0.2, 0.25) is 0 Å². The lowest BCUT2D eigenvalue weighted by Crippen LogP contribution is -2.52. The first-order valence-electron chi connectivity index (χ1n) is 7.57. The summed E-state index contributed by atoms with van der Waals surface area (Å²) in [6.45, 7) is 3.01. The molecule has 1 saturated carbocycles. The number of rotatable bonds is 3. The first-order valence-corrected chi connectivity index (χ1v) is 7.57. The molecule has 1 fully saturated rings. The van der Waals surface area contributed by atoms with Crippen molar-refractivity contribution in [3.8, 4) is 0 Å². The number of hydrogen-bond acceptors (Lipinski definition) is 3. The molecule has 0 spiro atoms. The fourth-order valence-corrected chi connectivity index (χ4v) is 3.43. The summed E-state index contributed by atoms with van der Waals surface area (Å²) in [7, 11) is 0. The molecule has 1 aromatic heterocycles. The predicted molar refractivity (Wildman–Crippen MR) is 84.8 cm³/mol. The number of anilines is 1. The van der Waals surface area contributed by atoms with Crippen molar-refractivity contribution in [1.29, 1.82) is 0 Å². The van der Waals surface area contributed by atoms with E-state index in [1.165, 1.54) is 24.6 Å². The van der Waals surface area contributed by atoms with Crippen molar-refractivity contribution in [2.24, 2.45) is 11.7 Å². The normalized spacial score (nSPS) is 26.6. The van der Waals surface area contributed by atoms with E-state index in [4.69, 9.17) is 5.73 Å². The van der Waals surface area contributed by atoms with Crippen LogP contribution in [0.2, 0.25) is 0 Å². The van der Waals surface area contributed by atoms with Crippen LogP contribution in [-0.4, -0.2) is 17.1 Å². The molecule has 0 amide bonds. The lowest BCUT2D eigenvalue weighted by molar-refractivity contribution is 0.236. The number of nitrogens with zero attached hydrogens (tertiary/aromatic N) is 1. The van der Waals surface area contributed by atoms with Crippen molar-refractivity contribution in [2.75, 3.05) is 11.9 Å². The molecule has 1 heterocycles. The van der Waals surface area contributed by atoms with Gasteiger partial charge in [0.15, 0.2) is 0 Å². The number of fused-ring (bicyclic) bond motifs is 1. The number of para-hydroxylation sites is 1. The molecular weight excluding hydrogens is 246 g/mol. The third kappa shape index (κ3) is 2.27. The van der Waals surface area contributed by atoms with E-state index in [1.54, 1.807) is 0 Å².